The number of alkyl carbamates (subject to hydrolysis) is 1. The minimum Gasteiger partial charge on any atom is -0.467 e. The largest absolute Gasteiger partial charge is 0.467 e. The van der Waals surface area contributed by atoms with E-state index in [9.17, 15) is 27.9 Å². The van der Waals surface area contributed by atoms with E-state index in [0.717, 1.165) is 0 Å². The fourth-order valence-corrected chi connectivity index (χ4v) is 1.83. The van der Waals surface area contributed by atoms with Crippen LogP contribution in [0.5, 0.6) is 0 Å². The lowest BCUT2D eigenvalue weighted by Gasteiger charge is -2.35. The third-order valence-electron chi connectivity index (χ3n) is 3.09. The van der Waals surface area contributed by atoms with Crippen molar-refractivity contribution in [1.82, 2.24) is 5.32 Å². The van der Waals surface area contributed by atoms with E-state index >= 15 is 0 Å². The molecule has 128 valence electrons. The summed E-state index contributed by atoms with van der Waals surface area (Å²) in [7, 11) is 0.711. The van der Waals surface area contributed by atoms with Gasteiger partial charge in [0.25, 0.3) is 5.54 Å². The van der Waals surface area contributed by atoms with Crippen LogP contribution in [0.3, 0.4) is 0 Å². The maximum Gasteiger partial charge on any atom is 0.425 e. The minimum atomic E-state index is -5.29. The molecule has 0 heterocycles. The van der Waals surface area contributed by atoms with Crippen LogP contribution < -0.4 is 5.32 Å². The van der Waals surface area contributed by atoms with Crippen molar-refractivity contribution >= 4 is 12.1 Å². The first-order valence-electron chi connectivity index (χ1n) is 6.47. The molecule has 0 spiro atoms. The molecule has 1 amide bonds. The highest BCUT2D eigenvalue weighted by atomic mass is 19.4. The predicted molar refractivity (Wildman–Crippen MR) is 72.2 cm³/mol. The van der Waals surface area contributed by atoms with Crippen LogP contribution in [-0.4, -0.2) is 42.1 Å². The molecule has 23 heavy (non-hydrogen) atoms. The van der Waals surface area contributed by atoms with Crippen LogP contribution in [-0.2, 0) is 20.9 Å². The first-order valence-corrected chi connectivity index (χ1v) is 6.47. The Morgan fingerprint density at radius 1 is 1.26 bits per heavy atom. The van der Waals surface area contributed by atoms with Gasteiger partial charge in [-0.15, -0.1) is 0 Å². The molecule has 1 aromatic carbocycles. The normalized spacial score (nSPS) is 15.2. The lowest BCUT2D eigenvalue weighted by Crippen LogP contribution is -2.70. The molecule has 2 N–H and O–H groups in total. The second-order valence-electron chi connectivity index (χ2n) is 4.66. The molecule has 1 aromatic rings. The number of amides is 1. The number of aliphatic hydroxyl groups excluding tert-OH is 1. The zero-order valence-electron chi connectivity index (χ0n) is 12.4. The van der Waals surface area contributed by atoms with Gasteiger partial charge >= 0.3 is 18.2 Å². The van der Waals surface area contributed by atoms with Crippen LogP contribution >= 0.6 is 0 Å². The predicted octanol–water partition coefficient (Wildman–Crippen LogP) is 1.77. The number of nitrogens with one attached hydrogen (secondary N) is 1. The van der Waals surface area contributed by atoms with Gasteiger partial charge in [-0.2, -0.15) is 13.2 Å². The Morgan fingerprint density at radius 2 is 1.83 bits per heavy atom. The fourth-order valence-electron chi connectivity index (χ4n) is 1.83. The van der Waals surface area contributed by atoms with Gasteiger partial charge in [-0.3, -0.25) is 5.32 Å². The summed E-state index contributed by atoms with van der Waals surface area (Å²) in [6.07, 6.45) is -9.10. The molecule has 2 atom stereocenters. The van der Waals surface area contributed by atoms with E-state index in [4.69, 9.17) is 0 Å². The Balaban J connectivity index is 2.92. The standard InChI is InChI=1S/C14H16F3NO5/c1-9(19)13(11(20)22-2,14(15,16)17)18-12(21)23-8-10-6-4-3-5-7-10/h3-7,9,19H,8H2,1-2H3,(H,18,21)/t9-,13+/m1/s1. The molecule has 0 radical (unpaired) electrons. The summed E-state index contributed by atoms with van der Waals surface area (Å²) in [5.41, 5.74) is -3.08. The third kappa shape index (κ3) is 4.13. The van der Waals surface area contributed by atoms with Crippen LogP contribution in [0.4, 0.5) is 18.0 Å². The van der Waals surface area contributed by atoms with E-state index in [1.54, 1.807) is 30.3 Å². The quantitative estimate of drug-likeness (QED) is 0.801. The number of ether oxygens (including phenoxy) is 2. The molecular formula is C14H16F3NO5. The number of alkyl halides is 3. The van der Waals surface area contributed by atoms with Crippen molar-refractivity contribution < 1.29 is 37.3 Å². The molecule has 0 aliphatic rings. The Morgan fingerprint density at radius 3 is 2.26 bits per heavy atom. The zero-order chi connectivity index (χ0) is 17.7. The summed E-state index contributed by atoms with van der Waals surface area (Å²) in [4.78, 5) is 23.2. The minimum absolute atomic E-state index is 0.304. The van der Waals surface area contributed by atoms with Gasteiger partial charge in [0.1, 0.15) is 6.61 Å². The van der Waals surface area contributed by atoms with Crippen LogP contribution in [0.15, 0.2) is 30.3 Å². The maximum absolute atomic E-state index is 13.3. The molecule has 9 heteroatoms. The van der Waals surface area contributed by atoms with Gasteiger partial charge < -0.3 is 14.6 Å². The first kappa shape index (κ1) is 18.8. The van der Waals surface area contributed by atoms with E-state index in [0.29, 0.717) is 19.6 Å². The fraction of sp³-hybridized carbons (Fsp3) is 0.429. The number of halogens is 3. The summed E-state index contributed by atoms with van der Waals surface area (Å²) < 4.78 is 48.5. The van der Waals surface area contributed by atoms with Gasteiger partial charge in [0.05, 0.1) is 13.2 Å². The molecule has 6 nitrogen and oxygen atoms in total. The Hall–Kier alpha value is -2.29. The second kappa shape index (κ2) is 7.32. The van der Waals surface area contributed by atoms with E-state index in [1.807, 2.05) is 0 Å². The number of carbonyl (C=O) groups excluding carboxylic acids is 2. The number of hydrogen-bond acceptors (Lipinski definition) is 5. The van der Waals surface area contributed by atoms with Gasteiger partial charge in [-0.25, -0.2) is 9.59 Å². The van der Waals surface area contributed by atoms with Crippen molar-refractivity contribution in [2.75, 3.05) is 7.11 Å². The summed E-state index contributed by atoms with van der Waals surface area (Å²) in [5.74, 6) is -1.85. The average molecular weight is 335 g/mol. The van der Waals surface area contributed by atoms with Gasteiger partial charge in [-0.1, -0.05) is 30.3 Å². The smallest absolute Gasteiger partial charge is 0.425 e. The second-order valence-corrected chi connectivity index (χ2v) is 4.66. The lowest BCUT2D eigenvalue weighted by atomic mass is 9.92. The number of hydrogen-bond donors (Lipinski definition) is 2. The number of rotatable bonds is 5. The lowest BCUT2D eigenvalue weighted by molar-refractivity contribution is -0.228. The molecule has 0 bridgehead atoms. The summed E-state index contributed by atoms with van der Waals surface area (Å²) in [5, 5.41) is 10.8. The van der Waals surface area contributed by atoms with Gasteiger partial charge in [-0.05, 0) is 12.5 Å². The monoisotopic (exact) mass is 335 g/mol. The molecule has 0 aliphatic carbocycles. The summed E-state index contributed by atoms with van der Waals surface area (Å²) in [6.45, 7) is 0.406. The number of carbonyl (C=O) groups is 2. The van der Waals surface area contributed by atoms with Crippen molar-refractivity contribution in [3.05, 3.63) is 35.9 Å². The average Bonchev–Trinajstić information content (AvgIpc) is 2.49. The first-order chi connectivity index (χ1) is 10.6. The number of benzene rings is 1. The zero-order valence-corrected chi connectivity index (χ0v) is 12.4. The van der Waals surface area contributed by atoms with Crippen molar-refractivity contribution in [1.29, 1.82) is 0 Å². The van der Waals surface area contributed by atoms with Crippen LogP contribution in [0, 0.1) is 0 Å². The SMILES string of the molecule is COC(=O)[C@@](NC(=O)OCc1ccccc1)([C@@H](C)O)C(F)(F)F. The van der Waals surface area contributed by atoms with Gasteiger partial charge in [0.2, 0.25) is 0 Å². The van der Waals surface area contributed by atoms with Crippen molar-refractivity contribution in [3.8, 4) is 0 Å². The van der Waals surface area contributed by atoms with E-state index in [1.165, 1.54) is 5.32 Å². The summed E-state index contributed by atoms with van der Waals surface area (Å²) in [6, 6.07) is 8.21. The molecule has 0 saturated carbocycles. The Bertz CT molecular complexity index is 547. The number of methoxy groups -OCH3 is 1. The molecular weight excluding hydrogens is 319 g/mol. The van der Waals surface area contributed by atoms with Crippen LogP contribution in [0.25, 0.3) is 0 Å². The van der Waals surface area contributed by atoms with Crippen molar-refractivity contribution in [2.24, 2.45) is 0 Å². The highest BCUT2D eigenvalue weighted by Gasteiger charge is 2.66. The van der Waals surface area contributed by atoms with E-state index in [-0.39, 0.29) is 6.61 Å². The molecule has 0 aromatic heterocycles. The molecule has 1 rings (SSSR count). The van der Waals surface area contributed by atoms with E-state index in [2.05, 4.69) is 9.47 Å². The van der Waals surface area contributed by atoms with Crippen molar-refractivity contribution in [2.45, 2.75) is 31.3 Å². The van der Waals surface area contributed by atoms with Crippen molar-refractivity contribution in [3.63, 3.8) is 0 Å². The van der Waals surface area contributed by atoms with Gasteiger partial charge in [0.15, 0.2) is 0 Å². The topological polar surface area (TPSA) is 84.9 Å². The molecule has 0 aliphatic heterocycles. The van der Waals surface area contributed by atoms with Crippen LogP contribution in [0.2, 0.25) is 0 Å². The number of aliphatic hydroxyl groups is 1. The summed E-state index contributed by atoms with van der Waals surface area (Å²) >= 11 is 0. The molecule has 0 fully saturated rings. The highest BCUT2D eigenvalue weighted by molar-refractivity contribution is 5.87. The Labute approximate surface area is 130 Å². The third-order valence-corrected chi connectivity index (χ3v) is 3.09. The highest BCUT2D eigenvalue weighted by Crippen LogP contribution is 2.34. The molecule has 0 unspecified atom stereocenters. The Kier molecular flexibility index (Phi) is 5.97. The van der Waals surface area contributed by atoms with Crippen LogP contribution in [0.1, 0.15) is 12.5 Å². The van der Waals surface area contributed by atoms with Gasteiger partial charge in [0, 0.05) is 0 Å². The van der Waals surface area contributed by atoms with E-state index < -0.39 is 29.9 Å². The number of esters is 1. The molecule has 0 saturated heterocycles. The maximum atomic E-state index is 13.3.